The molecule has 0 aromatic carbocycles. The first-order chi connectivity index (χ1) is 7.65. The Morgan fingerprint density at radius 3 is 2.62 bits per heavy atom. The third-order valence-corrected chi connectivity index (χ3v) is 2.57. The molecule has 1 saturated heterocycles. The van der Waals surface area contributed by atoms with Crippen LogP contribution in [0, 0.1) is 13.8 Å². The van der Waals surface area contributed by atoms with Crippen molar-refractivity contribution in [2.24, 2.45) is 0 Å². The summed E-state index contributed by atoms with van der Waals surface area (Å²) in [4.78, 5) is 22.1. The van der Waals surface area contributed by atoms with Crippen molar-refractivity contribution in [1.29, 1.82) is 0 Å². The van der Waals surface area contributed by atoms with Crippen LogP contribution in [0.1, 0.15) is 17.8 Å². The van der Waals surface area contributed by atoms with Gasteiger partial charge in [-0.05, 0) is 19.9 Å². The standard InChI is InChI=1S/C11H16N4O/c1-8-7-9(2)14-11(13-8)15-5-3-10(16)12-4-6-15/h7H,3-6H2,1-2H3,(H,12,16). The lowest BCUT2D eigenvalue weighted by Gasteiger charge is -2.19. The minimum atomic E-state index is 0.104. The summed E-state index contributed by atoms with van der Waals surface area (Å²) in [6, 6.07) is 1.95. The number of amides is 1. The molecule has 5 heteroatoms. The van der Waals surface area contributed by atoms with Gasteiger partial charge in [0.05, 0.1) is 0 Å². The third-order valence-electron chi connectivity index (χ3n) is 2.57. The summed E-state index contributed by atoms with van der Waals surface area (Å²) in [6.07, 6.45) is 0.510. The summed E-state index contributed by atoms with van der Waals surface area (Å²) < 4.78 is 0. The number of rotatable bonds is 1. The SMILES string of the molecule is Cc1cc(C)nc(N2CCNC(=O)CC2)n1. The van der Waals surface area contributed by atoms with Gasteiger partial charge in [0.25, 0.3) is 0 Å². The van der Waals surface area contributed by atoms with E-state index in [0.717, 1.165) is 23.9 Å². The van der Waals surface area contributed by atoms with Crippen LogP contribution in [0.4, 0.5) is 5.95 Å². The topological polar surface area (TPSA) is 58.1 Å². The first kappa shape index (κ1) is 10.9. The van der Waals surface area contributed by atoms with E-state index in [-0.39, 0.29) is 5.91 Å². The van der Waals surface area contributed by atoms with E-state index in [4.69, 9.17) is 0 Å². The molecule has 2 heterocycles. The molecule has 0 aliphatic carbocycles. The second-order valence-electron chi connectivity index (χ2n) is 4.04. The molecule has 1 aromatic rings. The van der Waals surface area contributed by atoms with Crippen LogP contribution in [0.5, 0.6) is 0 Å². The molecule has 86 valence electrons. The molecule has 0 spiro atoms. The van der Waals surface area contributed by atoms with Gasteiger partial charge in [-0.25, -0.2) is 9.97 Å². The van der Waals surface area contributed by atoms with Crippen molar-refractivity contribution in [2.75, 3.05) is 24.5 Å². The Labute approximate surface area is 94.9 Å². The van der Waals surface area contributed by atoms with E-state index in [9.17, 15) is 4.79 Å². The zero-order valence-electron chi connectivity index (χ0n) is 9.66. The number of carbonyl (C=O) groups is 1. The van der Waals surface area contributed by atoms with Crippen molar-refractivity contribution in [3.8, 4) is 0 Å². The van der Waals surface area contributed by atoms with Crippen molar-refractivity contribution >= 4 is 11.9 Å². The predicted octanol–water partition coefficient (Wildman–Crippen LogP) is 0.420. The fraction of sp³-hybridized carbons (Fsp3) is 0.545. The Balaban J connectivity index is 2.19. The Morgan fingerprint density at radius 2 is 1.94 bits per heavy atom. The second kappa shape index (κ2) is 4.47. The number of nitrogens with zero attached hydrogens (tertiary/aromatic N) is 3. The molecular formula is C11H16N4O. The van der Waals surface area contributed by atoms with Crippen molar-refractivity contribution < 1.29 is 4.79 Å². The summed E-state index contributed by atoms with van der Waals surface area (Å²) in [5.41, 5.74) is 1.93. The largest absolute Gasteiger partial charge is 0.354 e. The smallest absolute Gasteiger partial charge is 0.225 e. The normalized spacial score (nSPS) is 16.9. The molecule has 0 bridgehead atoms. The number of nitrogens with one attached hydrogen (secondary N) is 1. The van der Waals surface area contributed by atoms with Gasteiger partial charge in [-0.15, -0.1) is 0 Å². The van der Waals surface area contributed by atoms with E-state index in [1.807, 2.05) is 19.9 Å². The molecule has 1 aliphatic rings. The molecule has 0 atom stereocenters. The Hall–Kier alpha value is -1.65. The summed E-state index contributed by atoms with van der Waals surface area (Å²) in [7, 11) is 0. The zero-order chi connectivity index (χ0) is 11.5. The van der Waals surface area contributed by atoms with Crippen LogP contribution in [0.2, 0.25) is 0 Å². The molecule has 1 aromatic heterocycles. The van der Waals surface area contributed by atoms with Crippen LogP contribution in [0.15, 0.2) is 6.07 Å². The number of hydrogen-bond acceptors (Lipinski definition) is 4. The van der Waals surface area contributed by atoms with Crippen LogP contribution in [0.3, 0.4) is 0 Å². The number of anilines is 1. The number of carbonyl (C=O) groups excluding carboxylic acids is 1. The van der Waals surface area contributed by atoms with Crippen molar-refractivity contribution in [2.45, 2.75) is 20.3 Å². The Morgan fingerprint density at radius 1 is 1.25 bits per heavy atom. The molecule has 0 radical (unpaired) electrons. The van der Waals surface area contributed by atoms with Gasteiger partial charge in [-0.2, -0.15) is 0 Å². The molecule has 1 amide bonds. The second-order valence-corrected chi connectivity index (χ2v) is 4.04. The average Bonchev–Trinajstić information content (AvgIpc) is 2.41. The minimum Gasteiger partial charge on any atom is -0.354 e. The van der Waals surface area contributed by atoms with Crippen LogP contribution < -0.4 is 10.2 Å². The third kappa shape index (κ3) is 2.48. The number of aromatic nitrogens is 2. The maximum atomic E-state index is 11.2. The van der Waals surface area contributed by atoms with E-state index in [0.29, 0.717) is 19.5 Å². The predicted molar refractivity (Wildman–Crippen MR) is 61.3 cm³/mol. The van der Waals surface area contributed by atoms with Crippen molar-refractivity contribution in [3.63, 3.8) is 0 Å². The maximum absolute atomic E-state index is 11.2. The van der Waals surface area contributed by atoms with Crippen LogP contribution >= 0.6 is 0 Å². The monoisotopic (exact) mass is 220 g/mol. The van der Waals surface area contributed by atoms with E-state index < -0.39 is 0 Å². The number of hydrogen-bond donors (Lipinski definition) is 1. The highest BCUT2D eigenvalue weighted by Gasteiger charge is 2.16. The van der Waals surface area contributed by atoms with E-state index in [2.05, 4.69) is 20.2 Å². The summed E-state index contributed by atoms with van der Waals surface area (Å²) >= 11 is 0. The minimum absolute atomic E-state index is 0.104. The molecule has 1 fully saturated rings. The van der Waals surface area contributed by atoms with Gasteiger partial charge >= 0.3 is 0 Å². The highest BCUT2D eigenvalue weighted by Crippen LogP contribution is 2.11. The Kier molecular flexibility index (Phi) is 3.03. The van der Waals surface area contributed by atoms with Gasteiger partial charge in [-0.1, -0.05) is 0 Å². The lowest BCUT2D eigenvalue weighted by molar-refractivity contribution is -0.120. The van der Waals surface area contributed by atoms with E-state index in [1.165, 1.54) is 0 Å². The molecule has 1 aliphatic heterocycles. The van der Waals surface area contributed by atoms with Gasteiger partial charge in [0.1, 0.15) is 0 Å². The summed E-state index contributed by atoms with van der Waals surface area (Å²) in [6.45, 7) is 6.04. The van der Waals surface area contributed by atoms with Crippen molar-refractivity contribution in [1.82, 2.24) is 15.3 Å². The van der Waals surface area contributed by atoms with Gasteiger partial charge < -0.3 is 10.2 Å². The first-order valence-corrected chi connectivity index (χ1v) is 5.49. The molecule has 1 N–H and O–H groups in total. The van der Waals surface area contributed by atoms with E-state index >= 15 is 0 Å². The molecule has 0 unspecified atom stereocenters. The Bertz CT molecular complexity index is 385. The van der Waals surface area contributed by atoms with Crippen molar-refractivity contribution in [3.05, 3.63) is 17.5 Å². The van der Waals surface area contributed by atoms with E-state index in [1.54, 1.807) is 0 Å². The average molecular weight is 220 g/mol. The van der Waals surface area contributed by atoms with Gasteiger partial charge in [0.15, 0.2) is 0 Å². The van der Waals surface area contributed by atoms with Gasteiger partial charge in [0.2, 0.25) is 11.9 Å². The fourth-order valence-electron chi connectivity index (χ4n) is 1.82. The molecule has 0 saturated carbocycles. The molecule has 2 rings (SSSR count). The molecular weight excluding hydrogens is 204 g/mol. The lowest BCUT2D eigenvalue weighted by atomic mass is 10.3. The van der Waals surface area contributed by atoms with Gasteiger partial charge in [-0.3, -0.25) is 4.79 Å². The molecule has 5 nitrogen and oxygen atoms in total. The molecule has 16 heavy (non-hydrogen) atoms. The summed E-state index contributed by atoms with van der Waals surface area (Å²) in [5, 5.41) is 2.84. The first-order valence-electron chi connectivity index (χ1n) is 5.49. The quantitative estimate of drug-likeness (QED) is 0.745. The highest BCUT2D eigenvalue weighted by atomic mass is 16.1. The maximum Gasteiger partial charge on any atom is 0.225 e. The van der Waals surface area contributed by atoms with Crippen LogP contribution in [0.25, 0.3) is 0 Å². The van der Waals surface area contributed by atoms with Crippen LogP contribution in [-0.2, 0) is 4.79 Å². The lowest BCUT2D eigenvalue weighted by Crippen LogP contribution is -2.30. The highest BCUT2D eigenvalue weighted by molar-refractivity contribution is 5.76. The summed E-state index contributed by atoms with van der Waals surface area (Å²) in [5.74, 6) is 0.834. The fourth-order valence-corrected chi connectivity index (χ4v) is 1.82. The van der Waals surface area contributed by atoms with Gasteiger partial charge in [0, 0.05) is 37.4 Å². The zero-order valence-corrected chi connectivity index (χ0v) is 9.66. The van der Waals surface area contributed by atoms with Crippen LogP contribution in [-0.4, -0.2) is 35.5 Å². The number of aryl methyl sites for hydroxylation is 2.